The summed E-state index contributed by atoms with van der Waals surface area (Å²) in [5, 5.41) is 14.9. The van der Waals surface area contributed by atoms with Crippen molar-refractivity contribution in [3.8, 4) is 16.3 Å². The number of aromatic nitrogens is 4. The summed E-state index contributed by atoms with van der Waals surface area (Å²) in [6.07, 6.45) is 3.53. The van der Waals surface area contributed by atoms with Crippen LogP contribution < -0.4 is 4.74 Å². The van der Waals surface area contributed by atoms with Crippen molar-refractivity contribution < 1.29 is 9.53 Å². The van der Waals surface area contributed by atoms with Gasteiger partial charge in [-0.25, -0.2) is 0 Å². The molecule has 0 atom stereocenters. The number of carbonyl (C=O) groups excluding carboxylic acids is 1. The van der Waals surface area contributed by atoms with Crippen molar-refractivity contribution in [2.24, 2.45) is 0 Å². The van der Waals surface area contributed by atoms with E-state index in [1.807, 2.05) is 29.2 Å². The Kier molecular flexibility index (Phi) is 6.15. The molecule has 1 aromatic carbocycles. The third kappa shape index (κ3) is 4.16. The molecule has 29 heavy (non-hydrogen) atoms. The number of amides is 1. The highest BCUT2D eigenvalue weighted by molar-refractivity contribution is 7.14. The molecule has 2 aromatic heterocycles. The summed E-state index contributed by atoms with van der Waals surface area (Å²) in [6, 6.07) is 7.86. The zero-order chi connectivity index (χ0) is 20.2. The van der Waals surface area contributed by atoms with E-state index in [1.54, 1.807) is 18.4 Å². The number of para-hydroxylation sites is 1. The standard InChI is InChI=1S/C20H23N5O2S2/c1-3-6-15-17(29-24-21-15)20(26)25-11-9-13(10-12-25)18-22-23-19(28-18)14-7-4-5-8-16(14)27-2/h4-5,7-8,13H,3,6,9-12H2,1-2H3. The van der Waals surface area contributed by atoms with Gasteiger partial charge in [0.05, 0.1) is 18.4 Å². The van der Waals surface area contributed by atoms with Crippen molar-refractivity contribution in [3.05, 3.63) is 39.8 Å². The summed E-state index contributed by atoms with van der Waals surface area (Å²) in [5.74, 6) is 1.19. The number of carbonyl (C=O) groups is 1. The van der Waals surface area contributed by atoms with E-state index in [0.717, 1.165) is 65.8 Å². The first-order valence-corrected chi connectivity index (χ1v) is 11.4. The molecule has 0 spiro atoms. The van der Waals surface area contributed by atoms with Gasteiger partial charge >= 0.3 is 0 Å². The zero-order valence-electron chi connectivity index (χ0n) is 16.5. The van der Waals surface area contributed by atoms with Gasteiger partial charge in [-0.1, -0.05) is 41.3 Å². The molecule has 152 valence electrons. The number of methoxy groups -OCH3 is 1. The average molecular weight is 430 g/mol. The highest BCUT2D eigenvalue weighted by atomic mass is 32.1. The first-order valence-electron chi connectivity index (χ1n) is 9.78. The smallest absolute Gasteiger partial charge is 0.267 e. The van der Waals surface area contributed by atoms with Gasteiger partial charge < -0.3 is 9.64 Å². The van der Waals surface area contributed by atoms with Gasteiger partial charge in [0, 0.05) is 19.0 Å². The third-order valence-electron chi connectivity index (χ3n) is 5.15. The summed E-state index contributed by atoms with van der Waals surface area (Å²) in [5.41, 5.74) is 1.79. The molecule has 1 aliphatic rings. The number of benzene rings is 1. The van der Waals surface area contributed by atoms with Gasteiger partial charge in [0.25, 0.3) is 5.91 Å². The maximum absolute atomic E-state index is 12.9. The fraction of sp³-hybridized carbons (Fsp3) is 0.450. The van der Waals surface area contributed by atoms with Crippen LogP contribution in [0.2, 0.25) is 0 Å². The molecule has 3 aromatic rings. The van der Waals surface area contributed by atoms with Crippen molar-refractivity contribution in [2.45, 2.75) is 38.5 Å². The number of ether oxygens (including phenoxy) is 1. The van der Waals surface area contributed by atoms with Gasteiger partial charge in [-0.3, -0.25) is 4.79 Å². The van der Waals surface area contributed by atoms with Crippen LogP contribution in [0.25, 0.3) is 10.6 Å². The molecule has 0 bridgehead atoms. The Bertz CT molecular complexity index is 979. The van der Waals surface area contributed by atoms with Crippen LogP contribution in [0.3, 0.4) is 0 Å². The number of rotatable bonds is 6. The van der Waals surface area contributed by atoms with Gasteiger partial charge in [0.15, 0.2) is 5.01 Å². The van der Waals surface area contributed by atoms with Gasteiger partial charge in [0.1, 0.15) is 15.6 Å². The fourth-order valence-corrected chi connectivity index (χ4v) is 5.29. The lowest BCUT2D eigenvalue weighted by molar-refractivity contribution is 0.0716. The molecule has 7 nitrogen and oxygen atoms in total. The number of nitrogens with zero attached hydrogens (tertiary/aromatic N) is 5. The van der Waals surface area contributed by atoms with E-state index in [2.05, 4.69) is 26.7 Å². The Hall–Kier alpha value is -2.39. The summed E-state index contributed by atoms with van der Waals surface area (Å²) in [6.45, 7) is 3.52. The molecule has 0 N–H and O–H groups in total. The second kappa shape index (κ2) is 8.96. The van der Waals surface area contributed by atoms with Gasteiger partial charge in [-0.15, -0.1) is 15.3 Å². The maximum atomic E-state index is 12.9. The normalized spacial score (nSPS) is 14.9. The van der Waals surface area contributed by atoms with Gasteiger partial charge in [-0.05, 0) is 42.9 Å². The number of hydrogen-bond acceptors (Lipinski definition) is 8. The maximum Gasteiger partial charge on any atom is 0.267 e. The van der Waals surface area contributed by atoms with Crippen LogP contribution in [0.1, 0.15) is 52.5 Å². The zero-order valence-corrected chi connectivity index (χ0v) is 18.1. The van der Waals surface area contributed by atoms with E-state index < -0.39 is 0 Å². The Morgan fingerprint density at radius 1 is 1.21 bits per heavy atom. The van der Waals surface area contributed by atoms with Crippen molar-refractivity contribution in [1.82, 2.24) is 24.7 Å². The van der Waals surface area contributed by atoms with Crippen molar-refractivity contribution in [2.75, 3.05) is 20.2 Å². The van der Waals surface area contributed by atoms with Crippen LogP contribution >= 0.6 is 22.9 Å². The molecule has 9 heteroatoms. The quantitative estimate of drug-likeness (QED) is 0.588. The first kappa shape index (κ1) is 19.9. The van der Waals surface area contributed by atoms with E-state index in [9.17, 15) is 4.79 Å². The number of aryl methyl sites for hydroxylation is 1. The number of hydrogen-bond donors (Lipinski definition) is 0. The predicted molar refractivity (Wildman–Crippen MR) is 114 cm³/mol. The lowest BCUT2D eigenvalue weighted by Crippen LogP contribution is -2.38. The highest BCUT2D eigenvalue weighted by Crippen LogP contribution is 2.37. The van der Waals surface area contributed by atoms with E-state index in [4.69, 9.17) is 4.74 Å². The van der Waals surface area contributed by atoms with Crippen molar-refractivity contribution in [3.63, 3.8) is 0 Å². The molecular formula is C20H23N5O2S2. The van der Waals surface area contributed by atoms with E-state index >= 15 is 0 Å². The largest absolute Gasteiger partial charge is 0.496 e. The molecule has 1 saturated heterocycles. The molecule has 0 aliphatic carbocycles. The van der Waals surface area contributed by atoms with E-state index in [0.29, 0.717) is 10.8 Å². The summed E-state index contributed by atoms with van der Waals surface area (Å²) >= 11 is 2.82. The molecule has 1 aliphatic heterocycles. The van der Waals surface area contributed by atoms with Crippen LogP contribution in [0.5, 0.6) is 5.75 Å². The molecule has 1 amide bonds. The lowest BCUT2D eigenvalue weighted by atomic mass is 9.97. The summed E-state index contributed by atoms with van der Waals surface area (Å²) in [4.78, 5) is 15.5. The Balaban J connectivity index is 1.42. The molecule has 1 fully saturated rings. The molecule has 0 radical (unpaired) electrons. The minimum atomic E-state index is 0.0638. The van der Waals surface area contributed by atoms with Gasteiger partial charge in [0.2, 0.25) is 0 Å². The van der Waals surface area contributed by atoms with Crippen LogP contribution in [0, 0.1) is 0 Å². The summed E-state index contributed by atoms with van der Waals surface area (Å²) in [7, 11) is 1.66. The summed E-state index contributed by atoms with van der Waals surface area (Å²) < 4.78 is 9.42. The fourth-order valence-electron chi connectivity index (χ4n) is 3.57. The van der Waals surface area contributed by atoms with Crippen LogP contribution in [0.15, 0.2) is 24.3 Å². The predicted octanol–water partition coefficient (Wildman–Crippen LogP) is 4.04. The second-order valence-corrected chi connectivity index (χ2v) is 8.77. The van der Waals surface area contributed by atoms with Gasteiger partial charge in [-0.2, -0.15) is 0 Å². The number of likely N-dealkylation sites (tertiary alicyclic amines) is 1. The monoisotopic (exact) mass is 429 g/mol. The molecule has 0 saturated carbocycles. The molecular weight excluding hydrogens is 406 g/mol. The van der Waals surface area contributed by atoms with E-state index in [-0.39, 0.29) is 5.91 Å². The second-order valence-electron chi connectivity index (χ2n) is 7.01. The number of piperidine rings is 1. The molecule has 0 unspecified atom stereocenters. The Labute approximate surface area is 177 Å². The Morgan fingerprint density at radius 3 is 2.76 bits per heavy atom. The minimum absolute atomic E-state index is 0.0638. The van der Waals surface area contributed by atoms with Crippen molar-refractivity contribution in [1.29, 1.82) is 0 Å². The SMILES string of the molecule is CCCc1nnsc1C(=O)N1CCC(c2nnc(-c3ccccc3OC)s2)CC1. The Morgan fingerprint density at radius 2 is 2.00 bits per heavy atom. The van der Waals surface area contributed by atoms with Crippen LogP contribution in [0.4, 0.5) is 0 Å². The minimum Gasteiger partial charge on any atom is -0.496 e. The third-order valence-corrected chi connectivity index (χ3v) is 7.02. The topological polar surface area (TPSA) is 81.1 Å². The average Bonchev–Trinajstić information content (AvgIpc) is 3.43. The van der Waals surface area contributed by atoms with Crippen molar-refractivity contribution >= 4 is 28.8 Å². The lowest BCUT2D eigenvalue weighted by Gasteiger charge is -2.30. The molecule has 4 rings (SSSR count). The van der Waals surface area contributed by atoms with Crippen LogP contribution in [-0.4, -0.2) is 50.8 Å². The van der Waals surface area contributed by atoms with E-state index in [1.165, 1.54) is 11.5 Å². The van der Waals surface area contributed by atoms with Crippen LogP contribution in [-0.2, 0) is 6.42 Å². The first-order chi connectivity index (χ1) is 14.2. The highest BCUT2D eigenvalue weighted by Gasteiger charge is 2.29. The molecule has 3 heterocycles.